The number of rotatable bonds is 3. The first-order valence-corrected chi connectivity index (χ1v) is 7.16. The molecular formula is C17H14ClN3O. The van der Waals surface area contributed by atoms with Crippen molar-refractivity contribution >= 4 is 29.0 Å². The van der Waals surface area contributed by atoms with Gasteiger partial charge in [0, 0.05) is 23.8 Å². The number of halogens is 1. The van der Waals surface area contributed by atoms with Gasteiger partial charge in [-0.05, 0) is 48.5 Å². The van der Waals surface area contributed by atoms with E-state index in [9.17, 15) is 4.79 Å². The number of aromatic nitrogens is 1. The largest absolute Gasteiger partial charge is 0.324 e. The maximum atomic E-state index is 12.0. The molecule has 3 rings (SSSR count). The summed E-state index contributed by atoms with van der Waals surface area (Å²) in [7, 11) is 0. The molecule has 0 saturated carbocycles. The van der Waals surface area contributed by atoms with E-state index in [2.05, 4.69) is 10.6 Å². The van der Waals surface area contributed by atoms with Crippen molar-refractivity contribution < 1.29 is 4.79 Å². The zero-order chi connectivity index (χ0) is 15.4. The van der Waals surface area contributed by atoms with E-state index >= 15 is 0 Å². The third-order valence-corrected chi connectivity index (χ3v) is 3.48. The standard InChI is InChI=1S/C17H14ClN3O/c18-15-5-1-2-6-16(15)20-17(22)19-13-7-9-14(10-8-13)21-11-3-4-12-21/h1-12H,(H2,19,20,22). The van der Waals surface area contributed by atoms with E-state index < -0.39 is 0 Å². The molecule has 2 N–H and O–H groups in total. The Morgan fingerprint density at radius 1 is 0.864 bits per heavy atom. The Kier molecular flexibility index (Phi) is 4.12. The minimum atomic E-state index is -0.332. The Morgan fingerprint density at radius 2 is 1.55 bits per heavy atom. The predicted octanol–water partition coefficient (Wildman–Crippen LogP) is 4.77. The molecule has 110 valence electrons. The highest BCUT2D eigenvalue weighted by Gasteiger charge is 2.05. The lowest BCUT2D eigenvalue weighted by Crippen LogP contribution is -2.19. The SMILES string of the molecule is O=C(Nc1ccc(-n2cccc2)cc1)Nc1ccccc1Cl. The van der Waals surface area contributed by atoms with E-state index in [0.717, 1.165) is 5.69 Å². The van der Waals surface area contributed by atoms with Gasteiger partial charge in [0.1, 0.15) is 0 Å². The van der Waals surface area contributed by atoms with Crippen LogP contribution >= 0.6 is 11.6 Å². The zero-order valence-corrected chi connectivity index (χ0v) is 12.4. The average molecular weight is 312 g/mol. The first-order chi connectivity index (χ1) is 10.7. The summed E-state index contributed by atoms with van der Waals surface area (Å²) in [6.07, 6.45) is 3.93. The van der Waals surface area contributed by atoms with Crippen molar-refractivity contribution in [3.8, 4) is 5.69 Å². The molecule has 1 aromatic heterocycles. The first-order valence-electron chi connectivity index (χ1n) is 6.78. The second kappa shape index (κ2) is 6.37. The summed E-state index contributed by atoms with van der Waals surface area (Å²) in [5.41, 5.74) is 2.31. The van der Waals surface area contributed by atoms with Crippen LogP contribution in [0.2, 0.25) is 5.02 Å². The maximum Gasteiger partial charge on any atom is 0.323 e. The Balaban J connectivity index is 1.66. The fourth-order valence-corrected chi connectivity index (χ4v) is 2.25. The van der Waals surface area contributed by atoms with Crippen LogP contribution in [0.4, 0.5) is 16.2 Å². The van der Waals surface area contributed by atoms with Gasteiger partial charge < -0.3 is 15.2 Å². The molecule has 0 saturated heterocycles. The lowest BCUT2D eigenvalue weighted by molar-refractivity contribution is 0.262. The number of hydrogen-bond donors (Lipinski definition) is 2. The normalized spacial score (nSPS) is 10.2. The number of benzene rings is 2. The highest BCUT2D eigenvalue weighted by atomic mass is 35.5. The minimum absolute atomic E-state index is 0.332. The molecule has 2 amide bonds. The summed E-state index contributed by atoms with van der Waals surface area (Å²) in [4.78, 5) is 12.0. The van der Waals surface area contributed by atoms with Crippen molar-refractivity contribution in [1.82, 2.24) is 4.57 Å². The Morgan fingerprint density at radius 3 is 2.23 bits per heavy atom. The number of carbonyl (C=O) groups is 1. The Bertz CT molecular complexity index is 767. The van der Waals surface area contributed by atoms with Crippen LogP contribution in [0.25, 0.3) is 5.69 Å². The number of nitrogens with one attached hydrogen (secondary N) is 2. The highest BCUT2D eigenvalue weighted by molar-refractivity contribution is 6.33. The number of amides is 2. The van der Waals surface area contributed by atoms with E-state index in [0.29, 0.717) is 16.4 Å². The fraction of sp³-hybridized carbons (Fsp3) is 0. The van der Waals surface area contributed by atoms with Gasteiger partial charge in [0.2, 0.25) is 0 Å². The number of hydrogen-bond acceptors (Lipinski definition) is 1. The number of para-hydroxylation sites is 1. The van der Waals surface area contributed by atoms with Crippen LogP contribution in [0.5, 0.6) is 0 Å². The second-order valence-corrected chi connectivity index (χ2v) is 5.10. The Labute approximate surface area is 133 Å². The van der Waals surface area contributed by atoms with Crippen LogP contribution in [0.3, 0.4) is 0 Å². The molecule has 4 nitrogen and oxygen atoms in total. The van der Waals surface area contributed by atoms with Gasteiger partial charge >= 0.3 is 6.03 Å². The molecule has 0 unspecified atom stereocenters. The summed E-state index contributed by atoms with van der Waals surface area (Å²) in [5, 5.41) is 5.99. The summed E-state index contributed by atoms with van der Waals surface area (Å²) < 4.78 is 1.99. The molecule has 5 heteroatoms. The maximum absolute atomic E-state index is 12.0. The minimum Gasteiger partial charge on any atom is -0.324 e. The molecule has 0 aliphatic carbocycles. The smallest absolute Gasteiger partial charge is 0.323 e. The molecule has 0 fully saturated rings. The number of urea groups is 1. The lowest BCUT2D eigenvalue weighted by atomic mass is 10.3. The molecule has 0 spiro atoms. The quantitative estimate of drug-likeness (QED) is 0.718. The van der Waals surface area contributed by atoms with Crippen molar-refractivity contribution in [2.75, 3.05) is 10.6 Å². The molecule has 0 atom stereocenters. The van der Waals surface area contributed by atoms with E-state index in [1.165, 1.54) is 0 Å². The zero-order valence-electron chi connectivity index (χ0n) is 11.7. The molecule has 3 aromatic rings. The van der Waals surface area contributed by atoms with Crippen molar-refractivity contribution in [2.24, 2.45) is 0 Å². The van der Waals surface area contributed by atoms with Gasteiger partial charge in [-0.15, -0.1) is 0 Å². The summed E-state index contributed by atoms with van der Waals surface area (Å²) in [5.74, 6) is 0. The first kappa shape index (κ1) is 14.2. The number of nitrogens with zero attached hydrogens (tertiary/aromatic N) is 1. The lowest BCUT2D eigenvalue weighted by Gasteiger charge is -2.09. The third kappa shape index (κ3) is 3.30. The van der Waals surface area contributed by atoms with Crippen LogP contribution in [-0.2, 0) is 0 Å². The van der Waals surface area contributed by atoms with Crippen molar-refractivity contribution in [3.05, 3.63) is 78.1 Å². The van der Waals surface area contributed by atoms with E-state index in [4.69, 9.17) is 11.6 Å². The van der Waals surface area contributed by atoms with Gasteiger partial charge in [0.05, 0.1) is 10.7 Å². The Hall–Kier alpha value is -2.72. The average Bonchev–Trinajstić information content (AvgIpc) is 3.05. The third-order valence-electron chi connectivity index (χ3n) is 3.15. The molecule has 2 aromatic carbocycles. The van der Waals surface area contributed by atoms with Crippen molar-refractivity contribution in [3.63, 3.8) is 0 Å². The van der Waals surface area contributed by atoms with Gasteiger partial charge in [0.15, 0.2) is 0 Å². The van der Waals surface area contributed by atoms with Crippen molar-refractivity contribution in [1.29, 1.82) is 0 Å². The van der Waals surface area contributed by atoms with Crippen LogP contribution in [-0.4, -0.2) is 10.6 Å². The highest BCUT2D eigenvalue weighted by Crippen LogP contribution is 2.21. The summed E-state index contributed by atoms with van der Waals surface area (Å²) >= 11 is 6.00. The number of carbonyl (C=O) groups excluding carboxylic acids is 1. The fourth-order valence-electron chi connectivity index (χ4n) is 2.07. The van der Waals surface area contributed by atoms with Gasteiger partial charge in [-0.1, -0.05) is 23.7 Å². The van der Waals surface area contributed by atoms with Gasteiger partial charge in [0.25, 0.3) is 0 Å². The molecule has 0 aliphatic rings. The molecule has 22 heavy (non-hydrogen) atoms. The monoisotopic (exact) mass is 311 g/mol. The van der Waals surface area contributed by atoms with Gasteiger partial charge in [-0.25, -0.2) is 4.79 Å². The van der Waals surface area contributed by atoms with Crippen molar-refractivity contribution in [2.45, 2.75) is 0 Å². The van der Waals surface area contributed by atoms with Crippen LogP contribution in [0.1, 0.15) is 0 Å². The van der Waals surface area contributed by atoms with E-state index in [1.807, 2.05) is 65.5 Å². The predicted molar refractivity (Wildman–Crippen MR) is 89.9 cm³/mol. The molecule has 0 radical (unpaired) electrons. The molecule has 0 bridgehead atoms. The number of anilines is 2. The van der Waals surface area contributed by atoms with E-state index in [1.54, 1.807) is 12.1 Å². The van der Waals surface area contributed by atoms with Crippen LogP contribution < -0.4 is 10.6 Å². The van der Waals surface area contributed by atoms with E-state index in [-0.39, 0.29) is 6.03 Å². The second-order valence-electron chi connectivity index (χ2n) is 4.70. The van der Waals surface area contributed by atoms with Crippen LogP contribution in [0, 0.1) is 0 Å². The molecule has 1 heterocycles. The summed E-state index contributed by atoms with van der Waals surface area (Å²) in [6.45, 7) is 0. The summed E-state index contributed by atoms with van der Waals surface area (Å²) in [6, 6.07) is 18.3. The topological polar surface area (TPSA) is 46.1 Å². The van der Waals surface area contributed by atoms with Crippen LogP contribution in [0.15, 0.2) is 73.1 Å². The molecule has 0 aliphatic heterocycles. The molecular weight excluding hydrogens is 298 g/mol. The van der Waals surface area contributed by atoms with Gasteiger partial charge in [-0.3, -0.25) is 0 Å². The van der Waals surface area contributed by atoms with Gasteiger partial charge in [-0.2, -0.15) is 0 Å².